The molecule has 3 aromatic rings. The van der Waals surface area contributed by atoms with E-state index in [1.807, 2.05) is 0 Å². The highest BCUT2D eigenvalue weighted by atomic mass is 32.2. The molecule has 8 nitrogen and oxygen atoms in total. The molecular weight excluding hydrogens is 373 g/mol. The van der Waals surface area contributed by atoms with Gasteiger partial charge in [-0.25, -0.2) is 4.39 Å². The molecule has 0 atom stereocenters. The molecule has 0 spiro atoms. The number of nitro groups is 1. The van der Waals surface area contributed by atoms with Gasteiger partial charge in [0.15, 0.2) is 11.0 Å². The third-order valence-corrected chi connectivity index (χ3v) is 4.63. The average Bonchev–Trinajstić information content (AvgIpc) is 3.02. The summed E-state index contributed by atoms with van der Waals surface area (Å²) < 4.78 is 14.5. The summed E-state index contributed by atoms with van der Waals surface area (Å²) in [6.07, 6.45) is 0. The summed E-state index contributed by atoms with van der Waals surface area (Å²) in [6.45, 7) is 0. The standard InChI is InChI=1S/C17H14FN5O3S/c1-22-16(11-3-2-4-14(9-11)23(25)26)20-21-17(22)27-10-15(24)19-13-7-5-12(18)6-8-13/h2-9H,10H2,1H3,(H,19,24). The lowest BCUT2D eigenvalue weighted by molar-refractivity contribution is -0.384. The first kappa shape index (κ1) is 18.5. The van der Waals surface area contributed by atoms with Crippen LogP contribution in [0.2, 0.25) is 0 Å². The van der Waals surface area contributed by atoms with Crippen LogP contribution in [0.5, 0.6) is 0 Å². The van der Waals surface area contributed by atoms with Crippen molar-refractivity contribution in [1.82, 2.24) is 14.8 Å². The van der Waals surface area contributed by atoms with Gasteiger partial charge in [-0.15, -0.1) is 10.2 Å². The normalized spacial score (nSPS) is 10.6. The lowest BCUT2D eigenvalue weighted by Gasteiger charge is -2.06. The summed E-state index contributed by atoms with van der Waals surface area (Å²) in [6, 6.07) is 11.6. The number of carbonyl (C=O) groups is 1. The van der Waals surface area contributed by atoms with Crippen LogP contribution < -0.4 is 5.32 Å². The lowest BCUT2D eigenvalue weighted by atomic mass is 10.2. The van der Waals surface area contributed by atoms with E-state index in [9.17, 15) is 19.3 Å². The van der Waals surface area contributed by atoms with Gasteiger partial charge < -0.3 is 9.88 Å². The second-order valence-electron chi connectivity index (χ2n) is 5.52. The van der Waals surface area contributed by atoms with Gasteiger partial charge in [0.05, 0.1) is 10.7 Å². The molecule has 138 valence electrons. The fourth-order valence-electron chi connectivity index (χ4n) is 2.31. The molecule has 0 radical (unpaired) electrons. The monoisotopic (exact) mass is 387 g/mol. The van der Waals surface area contributed by atoms with Gasteiger partial charge in [-0.2, -0.15) is 0 Å². The van der Waals surface area contributed by atoms with E-state index in [-0.39, 0.29) is 23.2 Å². The number of carbonyl (C=O) groups excluding carboxylic acids is 1. The van der Waals surface area contributed by atoms with Crippen LogP contribution in [0.4, 0.5) is 15.8 Å². The van der Waals surface area contributed by atoms with Crippen LogP contribution in [0.1, 0.15) is 0 Å². The third-order valence-electron chi connectivity index (χ3n) is 3.61. The molecule has 0 fully saturated rings. The number of aromatic nitrogens is 3. The predicted molar refractivity (Wildman–Crippen MR) is 98.8 cm³/mol. The summed E-state index contributed by atoms with van der Waals surface area (Å²) in [5.41, 5.74) is 1.02. The van der Waals surface area contributed by atoms with Crippen LogP contribution in [0.15, 0.2) is 53.7 Å². The van der Waals surface area contributed by atoms with E-state index in [4.69, 9.17) is 0 Å². The Bertz CT molecular complexity index is 990. The summed E-state index contributed by atoms with van der Waals surface area (Å²) in [7, 11) is 1.72. The van der Waals surface area contributed by atoms with Gasteiger partial charge >= 0.3 is 0 Å². The summed E-state index contributed by atoms with van der Waals surface area (Å²) in [5, 5.41) is 22.2. The molecule has 0 saturated heterocycles. The van der Waals surface area contributed by atoms with Crippen LogP contribution in [0.25, 0.3) is 11.4 Å². The van der Waals surface area contributed by atoms with Crippen molar-refractivity contribution in [3.63, 3.8) is 0 Å². The minimum absolute atomic E-state index is 0.0385. The van der Waals surface area contributed by atoms with E-state index >= 15 is 0 Å². The van der Waals surface area contributed by atoms with Gasteiger partial charge in [-0.05, 0) is 24.3 Å². The SMILES string of the molecule is Cn1c(SCC(=O)Nc2ccc(F)cc2)nnc1-c1cccc([N+](=O)[O-])c1. The first-order chi connectivity index (χ1) is 12.9. The zero-order valence-electron chi connectivity index (χ0n) is 14.1. The molecule has 0 unspecified atom stereocenters. The topological polar surface area (TPSA) is 103 Å². The Morgan fingerprint density at radius 2 is 2.00 bits per heavy atom. The first-order valence-corrected chi connectivity index (χ1v) is 8.75. The van der Waals surface area contributed by atoms with Crippen LogP contribution in [-0.4, -0.2) is 31.3 Å². The number of nitrogens with one attached hydrogen (secondary N) is 1. The van der Waals surface area contributed by atoms with Gasteiger partial charge in [0, 0.05) is 30.4 Å². The average molecular weight is 387 g/mol. The van der Waals surface area contributed by atoms with Gasteiger partial charge in [0.1, 0.15) is 5.82 Å². The van der Waals surface area contributed by atoms with Crippen LogP contribution in [0.3, 0.4) is 0 Å². The molecule has 1 heterocycles. The van der Waals surface area contributed by atoms with Crippen LogP contribution >= 0.6 is 11.8 Å². The van der Waals surface area contributed by atoms with E-state index < -0.39 is 4.92 Å². The Kier molecular flexibility index (Phi) is 5.46. The van der Waals surface area contributed by atoms with Crippen LogP contribution in [0, 0.1) is 15.9 Å². The maximum Gasteiger partial charge on any atom is 0.270 e. The number of benzene rings is 2. The molecule has 0 bridgehead atoms. The van der Waals surface area contributed by atoms with Crippen molar-refractivity contribution in [1.29, 1.82) is 0 Å². The number of nitro benzene ring substituents is 1. The number of rotatable bonds is 6. The highest BCUT2D eigenvalue weighted by molar-refractivity contribution is 7.99. The van der Waals surface area contributed by atoms with Gasteiger partial charge in [-0.3, -0.25) is 14.9 Å². The van der Waals surface area contributed by atoms with E-state index in [1.165, 1.54) is 48.2 Å². The molecule has 0 aliphatic rings. The molecule has 1 aromatic heterocycles. The highest BCUT2D eigenvalue weighted by Crippen LogP contribution is 2.25. The van der Waals surface area contributed by atoms with E-state index in [2.05, 4.69) is 15.5 Å². The van der Waals surface area contributed by atoms with Crippen molar-refractivity contribution in [2.75, 3.05) is 11.1 Å². The highest BCUT2D eigenvalue weighted by Gasteiger charge is 2.15. The molecule has 0 aliphatic carbocycles. The number of nitrogens with zero attached hydrogens (tertiary/aromatic N) is 4. The van der Waals surface area contributed by atoms with Crippen molar-refractivity contribution < 1.29 is 14.1 Å². The number of halogens is 1. The van der Waals surface area contributed by atoms with Crippen molar-refractivity contribution in [3.8, 4) is 11.4 Å². The van der Waals surface area contributed by atoms with Crippen molar-refractivity contribution in [2.24, 2.45) is 7.05 Å². The van der Waals surface area contributed by atoms with Crippen LogP contribution in [-0.2, 0) is 11.8 Å². The molecule has 27 heavy (non-hydrogen) atoms. The molecule has 10 heteroatoms. The second-order valence-corrected chi connectivity index (χ2v) is 6.46. The number of hydrogen-bond donors (Lipinski definition) is 1. The lowest BCUT2D eigenvalue weighted by Crippen LogP contribution is -2.14. The number of hydrogen-bond acceptors (Lipinski definition) is 6. The first-order valence-electron chi connectivity index (χ1n) is 7.76. The summed E-state index contributed by atoms with van der Waals surface area (Å²) in [5.74, 6) is -0.111. The number of anilines is 1. The second kappa shape index (κ2) is 7.96. The van der Waals surface area contributed by atoms with E-state index in [0.717, 1.165) is 0 Å². The van der Waals surface area contributed by atoms with Gasteiger partial charge in [0.25, 0.3) is 5.69 Å². The Balaban J connectivity index is 1.67. The molecule has 2 aromatic carbocycles. The fraction of sp³-hybridized carbons (Fsp3) is 0.118. The zero-order chi connectivity index (χ0) is 19.4. The molecule has 1 amide bonds. The molecule has 0 saturated carbocycles. The molecule has 1 N–H and O–H groups in total. The Morgan fingerprint density at radius 3 is 2.70 bits per heavy atom. The number of thioether (sulfide) groups is 1. The maximum atomic E-state index is 12.9. The number of non-ortho nitro benzene ring substituents is 1. The van der Waals surface area contributed by atoms with E-state index in [0.29, 0.717) is 22.2 Å². The number of amides is 1. The van der Waals surface area contributed by atoms with Crippen molar-refractivity contribution >= 4 is 29.0 Å². The molecular formula is C17H14FN5O3S. The Hall–Kier alpha value is -3.27. The minimum Gasteiger partial charge on any atom is -0.325 e. The quantitative estimate of drug-likeness (QED) is 0.396. The molecule has 3 rings (SSSR count). The molecule has 0 aliphatic heterocycles. The van der Waals surface area contributed by atoms with Gasteiger partial charge in [-0.1, -0.05) is 23.9 Å². The Morgan fingerprint density at radius 1 is 1.26 bits per heavy atom. The van der Waals surface area contributed by atoms with Crippen molar-refractivity contribution in [3.05, 3.63) is 64.5 Å². The smallest absolute Gasteiger partial charge is 0.270 e. The predicted octanol–water partition coefficient (Wildman–Crippen LogP) is 3.26. The van der Waals surface area contributed by atoms with Gasteiger partial charge in [0.2, 0.25) is 5.91 Å². The Labute approximate surface area is 157 Å². The fourth-order valence-corrected chi connectivity index (χ4v) is 3.02. The van der Waals surface area contributed by atoms with Crippen molar-refractivity contribution in [2.45, 2.75) is 5.16 Å². The maximum absolute atomic E-state index is 12.9. The minimum atomic E-state index is -0.477. The summed E-state index contributed by atoms with van der Waals surface area (Å²) in [4.78, 5) is 22.5. The van der Waals surface area contributed by atoms with E-state index in [1.54, 1.807) is 23.7 Å². The zero-order valence-corrected chi connectivity index (χ0v) is 14.9. The summed E-state index contributed by atoms with van der Waals surface area (Å²) >= 11 is 1.17. The largest absolute Gasteiger partial charge is 0.325 e. The third kappa shape index (κ3) is 4.47.